The van der Waals surface area contributed by atoms with Gasteiger partial charge in [0.25, 0.3) is 0 Å². The molecule has 0 unspecified atom stereocenters. The number of alkyl halides is 1. The van der Waals surface area contributed by atoms with Crippen molar-refractivity contribution in [3.05, 3.63) is 157 Å². The van der Waals surface area contributed by atoms with Crippen LogP contribution in [0.4, 0.5) is 0 Å². The monoisotopic (exact) mass is 532 g/mol. The number of benzene rings is 1. The average Bonchev–Trinajstić information content (AvgIpc) is 3.63. The number of hydrogen-bond acceptors (Lipinski definition) is 0. The molecule has 32 heavy (non-hydrogen) atoms. The second-order valence-electron chi connectivity index (χ2n) is 5.41. The molecule has 0 fully saturated rings. The van der Waals surface area contributed by atoms with Crippen LogP contribution in [0.15, 0.2) is 152 Å². The van der Waals surface area contributed by atoms with Gasteiger partial charge in [-0.25, -0.2) is 48.5 Å². The van der Waals surface area contributed by atoms with E-state index >= 15 is 0 Å². The van der Waals surface area contributed by atoms with Gasteiger partial charge in [-0.2, -0.15) is 72.8 Å². The Labute approximate surface area is 234 Å². The molecule has 0 saturated heterocycles. The first-order valence-electron chi connectivity index (χ1n) is 9.74. The van der Waals surface area contributed by atoms with Gasteiger partial charge < -0.3 is 0 Å². The summed E-state index contributed by atoms with van der Waals surface area (Å²) in [5.74, 6) is 0.722. The molecule has 0 aromatic heterocycles. The van der Waals surface area contributed by atoms with E-state index in [1.165, 1.54) is 0 Å². The van der Waals surface area contributed by atoms with Crippen molar-refractivity contribution in [1.82, 2.24) is 0 Å². The Balaban J connectivity index is -0.000000316. The maximum Gasteiger partial charge on any atom is 2.00 e. The molecule has 5 aromatic rings. The molecule has 0 aliphatic heterocycles. The Kier molecular flexibility index (Phi) is 35.0. The van der Waals surface area contributed by atoms with Gasteiger partial charge in [-0.05, 0) is 12.1 Å². The third kappa shape index (κ3) is 30.8. The van der Waals surface area contributed by atoms with E-state index in [9.17, 15) is 0 Å². The Hall–Kier alpha value is -1.37. The third-order valence-corrected chi connectivity index (χ3v) is 3.21. The molecule has 0 nitrogen and oxygen atoms in total. The minimum Gasteiger partial charge on any atom is -0.214 e. The topological polar surface area (TPSA) is 0 Å². The van der Waals surface area contributed by atoms with Crippen LogP contribution in [0.3, 0.4) is 0 Å². The van der Waals surface area contributed by atoms with Gasteiger partial charge in [0.2, 0.25) is 0 Å². The second kappa shape index (κ2) is 31.8. The number of hydrogen-bond donors (Lipinski definition) is 0. The van der Waals surface area contributed by atoms with Crippen LogP contribution in [-0.2, 0) is 43.4 Å². The second-order valence-corrected chi connectivity index (χ2v) is 6.38. The van der Waals surface area contributed by atoms with Crippen molar-refractivity contribution < 1.29 is 43.4 Å². The summed E-state index contributed by atoms with van der Waals surface area (Å²) in [6.45, 7) is 1.89. The van der Waals surface area contributed by atoms with Crippen molar-refractivity contribution in [1.29, 1.82) is 0 Å². The number of rotatable bonds is 0. The van der Waals surface area contributed by atoms with Crippen LogP contribution in [0.25, 0.3) is 0 Å². The largest absolute Gasteiger partial charge is 2.00 e. The van der Waals surface area contributed by atoms with Crippen molar-refractivity contribution in [2.75, 3.05) is 5.88 Å². The third-order valence-electron chi connectivity index (χ3n) is 2.96. The standard InChI is InChI=1S/C6H5Cl.4C5H5.C2H5Cl.2Ti/c7-6-4-2-1-3-5-6;4*1-2-4-5-3-1;1-2-3;;/h1-5H;4*1-5H;2H2,1H3;;/q;4*-1;;2*+2. The van der Waals surface area contributed by atoms with Gasteiger partial charge >= 0.3 is 43.4 Å². The molecule has 0 radical (unpaired) electrons. The van der Waals surface area contributed by atoms with Crippen LogP contribution in [0.2, 0.25) is 5.02 Å². The summed E-state index contributed by atoms with van der Waals surface area (Å²) >= 11 is 10.5. The minimum absolute atomic E-state index is 0. The summed E-state index contributed by atoms with van der Waals surface area (Å²) in [6.07, 6.45) is 0. The molecule has 5 aromatic carbocycles. The van der Waals surface area contributed by atoms with E-state index in [4.69, 9.17) is 23.2 Å². The van der Waals surface area contributed by atoms with E-state index in [-0.39, 0.29) is 43.4 Å². The minimum atomic E-state index is 0. The summed E-state index contributed by atoms with van der Waals surface area (Å²) in [4.78, 5) is 0. The maximum absolute atomic E-state index is 5.54. The molecule has 0 aliphatic carbocycles. The van der Waals surface area contributed by atoms with Crippen LogP contribution >= 0.6 is 23.2 Å². The maximum atomic E-state index is 5.54. The first-order valence-corrected chi connectivity index (χ1v) is 10.7. The fraction of sp³-hybridized carbons (Fsp3) is 0.0714. The van der Waals surface area contributed by atoms with Gasteiger partial charge in [0.1, 0.15) is 0 Å². The first kappa shape index (κ1) is 35.2. The van der Waals surface area contributed by atoms with Crippen molar-refractivity contribution in [2.24, 2.45) is 0 Å². The van der Waals surface area contributed by atoms with Crippen molar-refractivity contribution >= 4 is 23.2 Å². The summed E-state index contributed by atoms with van der Waals surface area (Å²) < 4.78 is 0. The summed E-state index contributed by atoms with van der Waals surface area (Å²) in [6, 6.07) is 49.4. The zero-order chi connectivity index (χ0) is 22.0. The van der Waals surface area contributed by atoms with E-state index in [2.05, 4.69) is 0 Å². The molecular formula is C28H30Cl2Ti2. The van der Waals surface area contributed by atoms with Gasteiger partial charge in [-0.1, -0.05) is 36.7 Å². The Morgan fingerprint density at radius 3 is 0.812 bits per heavy atom. The zero-order valence-electron chi connectivity index (χ0n) is 18.4. The molecule has 4 heteroatoms. The van der Waals surface area contributed by atoms with Gasteiger partial charge in [0.05, 0.1) is 0 Å². The van der Waals surface area contributed by atoms with Crippen molar-refractivity contribution in [3.63, 3.8) is 0 Å². The van der Waals surface area contributed by atoms with E-state index in [1.54, 1.807) is 0 Å². The molecular weight excluding hydrogens is 503 g/mol. The molecule has 0 aliphatic rings. The summed E-state index contributed by atoms with van der Waals surface area (Å²) in [5.41, 5.74) is 0. The predicted octanol–water partition coefficient (Wildman–Crippen LogP) is 9.20. The number of halogens is 2. The molecule has 0 amide bonds. The molecule has 0 heterocycles. The average molecular weight is 533 g/mol. The predicted molar refractivity (Wildman–Crippen MR) is 136 cm³/mol. The Morgan fingerprint density at radius 2 is 0.719 bits per heavy atom. The zero-order valence-corrected chi connectivity index (χ0v) is 23.0. The van der Waals surface area contributed by atoms with Gasteiger partial charge in [0, 0.05) is 10.9 Å². The quantitative estimate of drug-likeness (QED) is 0.106. The fourth-order valence-electron chi connectivity index (χ4n) is 1.70. The van der Waals surface area contributed by atoms with Crippen LogP contribution in [0, 0.1) is 0 Å². The van der Waals surface area contributed by atoms with Gasteiger partial charge in [-0.3, -0.25) is 0 Å². The first-order chi connectivity index (χ1) is 14.8. The summed E-state index contributed by atoms with van der Waals surface area (Å²) in [5, 5.41) is 0.794. The normalized spacial score (nSPS) is 7.47. The molecule has 0 bridgehead atoms. The SMILES string of the molecule is CCCl.Clc1ccccc1.[Ti+2].[Ti+2].c1cc[cH-]c1.c1cc[cH-]c1.c1cc[cH-]c1.c1cc[cH-]c1. The van der Waals surface area contributed by atoms with E-state index < -0.39 is 0 Å². The molecule has 0 spiro atoms. The smallest absolute Gasteiger partial charge is 0.214 e. The molecule has 5 rings (SSSR count). The fourth-order valence-corrected chi connectivity index (χ4v) is 1.84. The molecule has 164 valence electrons. The molecule has 0 N–H and O–H groups in total. The van der Waals surface area contributed by atoms with Crippen LogP contribution in [-0.4, -0.2) is 5.88 Å². The van der Waals surface area contributed by atoms with Crippen molar-refractivity contribution in [2.45, 2.75) is 6.92 Å². The molecule has 0 atom stereocenters. The van der Waals surface area contributed by atoms with E-state index in [1.807, 2.05) is 159 Å². The van der Waals surface area contributed by atoms with Crippen LogP contribution in [0.5, 0.6) is 0 Å². The Bertz CT molecular complexity index is 616. The van der Waals surface area contributed by atoms with E-state index in [0.717, 1.165) is 10.9 Å². The summed E-state index contributed by atoms with van der Waals surface area (Å²) in [7, 11) is 0. The van der Waals surface area contributed by atoms with Crippen LogP contribution < -0.4 is 0 Å². The van der Waals surface area contributed by atoms with Crippen LogP contribution in [0.1, 0.15) is 6.92 Å². The van der Waals surface area contributed by atoms with Gasteiger partial charge in [-0.15, -0.1) is 11.6 Å². The Morgan fingerprint density at radius 1 is 0.500 bits per heavy atom. The van der Waals surface area contributed by atoms with Crippen molar-refractivity contribution in [3.8, 4) is 0 Å². The van der Waals surface area contributed by atoms with E-state index in [0.29, 0.717) is 0 Å². The molecule has 0 saturated carbocycles. The van der Waals surface area contributed by atoms with Gasteiger partial charge in [0.15, 0.2) is 0 Å².